The second kappa shape index (κ2) is 7.29. The second-order valence-corrected chi connectivity index (χ2v) is 5.29. The Balaban J connectivity index is 2.26. The number of hydrogen-bond donors (Lipinski definition) is 1. The number of rotatable bonds is 9. The molecule has 0 aliphatic heterocycles. The van der Waals surface area contributed by atoms with Gasteiger partial charge in [-0.25, -0.2) is 0 Å². The van der Waals surface area contributed by atoms with E-state index in [0.29, 0.717) is 6.04 Å². The van der Waals surface area contributed by atoms with E-state index >= 15 is 0 Å². The summed E-state index contributed by atoms with van der Waals surface area (Å²) in [5.74, 6) is 0.985. The predicted octanol–water partition coefficient (Wildman–Crippen LogP) is 2.89. The van der Waals surface area contributed by atoms with Crippen LogP contribution < -0.4 is 5.32 Å². The Bertz CT molecular complexity index is 174. The molecule has 0 radical (unpaired) electrons. The molecule has 0 bridgehead atoms. The molecule has 0 aromatic heterocycles. The average Bonchev–Trinajstić information content (AvgIpc) is 3.09. The first kappa shape index (κ1) is 14.0. The van der Waals surface area contributed by atoms with E-state index < -0.39 is 0 Å². The van der Waals surface area contributed by atoms with Crippen LogP contribution in [0.3, 0.4) is 0 Å². The van der Waals surface area contributed by atoms with Gasteiger partial charge in [-0.3, -0.25) is 0 Å². The van der Waals surface area contributed by atoms with Gasteiger partial charge in [0.25, 0.3) is 0 Å². The van der Waals surface area contributed by atoms with Crippen LogP contribution in [0.4, 0.5) is 0 Å². The summed E-state index contributed by atoms with van der Waals surface area (Å²) in [6.45, 7) is 12.7. The minimum Gasteiger partial charge on any atom is -0.310 e. The monoisotopic (exact) mass is 226 g/mol. The van der Waals surface area contributed by atoms with Gasteiger partial charge in [0.2, 0.25) is 0 Å². The summed E-state index contributed by atoms with van der Waals surface area (Å²) in [5.41, 5.74) is 0. The van der Waals surface area contributed by atoms with Crippen molar-refractivity contribution >= 4 is 0 Å². The third kappa shape index (κ3) is 4.84. The van der Waals surface area contributed by atoms with E-state index in [1.165, 1.54) is 45.3 Å². The van der Waals surface area contributed by atoms with Crippen LogP contribution in [0.2, 0.25) is 0 Å². The minimum absolute atomic E-state index is 0.636. The van der Waals surface area contributed by atoms with Crippen molar-refractivity contribution in [1.29, 1.82) is 0 Å². The highest BCUT2D eigenvalue weighted by atomic mass is 15.1. The van der Waals surface area contributed by atoms with Crippen LogP contribution in [-0.2, 0) is 0 Å². The molecule has 16 heavy (non-hydrogen) atoms. The Morgan fingerprint density at radius 2 is 1.81 bits per heavy atom. The molecule has 0 aromatic carbocycles. The van der Waals surface area contributed by atoms with Gasteiger partial charge in [0.1, 0.15) is 0 Å². The molecule has 2 atom stereocenters. The largest absolute Gasteiger partial charge is 0.310 e. The van der Waals surface area contributed by atoms with Gasteiger partial charge in [0.15, 0.2) is 0 Å². The van der Waals surface area contributed by atoms with E-state index in [1.54, 1.807) is 0 Å². The van der Waals surface area contributed by atoms with Crippen LogP contribution in [0.15, 0.2) is 0 Å². The zero-order valence-corrected chi connectivity index (χ0v) is 11.6. The molecule has 2 heteroatoms. The Morgan fingerprint density at radius 3 is 2.25 bits per heavy atom. The molecule has 2 unspecified atom stereocenters. The smallest absolute Gasteiger partial charge is 0.0169 e. The molecule has 1 saturated carbocycles. The maximum absolute atomic E-state index is 3.84. The second-order valence-electron chi connectivity index (χ2n) is 5.29. The predicted molar refractivity (Wildman–Crippen MR) is 71.8 cm³/mol. The Labute approximate surface area is 102 Å². The van der Waals surface area contributed by atoms with Crippen molar-refractivity contribution in [3.63, 3.8) is 0 Å². The van der Waals surface area contributed by atoms with Crippen molar-refractivity contribution in [1.82, 2.24) is 10.2 Å². The van der Waals surface area contributed by atoms with Gasteiger partial charge in [0, 0.05) is 18.6 Å². The molecule has 0 heterocycles. The summed E-state index contributed by atoms with van der Waals surface area (Å²) < 4.78 is 0. The summed E-state index contributed by atoms with van der Waals surface area (Å²) in [4.78, 5) is 2.51. The quantitative estimate of drug-likeness (QED) is 0.650. The standard InChI is InChI=1S/C14H30N2/c1-5-8-14(13-9-10-13)15-12(4)11-16(6-2)7-3/h12-15H,5-11H2,1-4H3. The third-order valence-corrected chi connectivity index (χ3v) is 3.72. The van der Waals surface area contributed by atoms with E-state index in [4.69, 9.17) is 0 Å². The molecule has 1 rings (SSSR count). The first-order chi connectivity index (χ1) is 7.71. The lowest BCUT2D eigenvalue weighted by Crippen LogP contribution is -2.44. The summed E-state index contributed by atoms with van der Waals surface area (Å²) in [7, 11) is 0. The van der Waals surface area contributed by atoms with Gasteiger partial charge >= 0.3 is 0 Å². The van der Waals surface area contributed by atoms with E-state index in [0.717, 1.165) is 12.0 Å². The molecule has 2 nitrogen and oxygen atoms in total. The molecule has 1 aliphatic carbocycles. The molecule has 1 aliphatic rings. The number of likely N-dealkylation sites (N-methyl/N-ethyl adjacent to an activating group) is 1. The maximum atomic E-state index is 3.84. The molecule has 0 saturated heterocycles. The lowest BCUT2D eigenvalue weighted by Gasteiger charge is -2.27. The highest BCUT2D eigenvalue weighted by Gasteiger charge is 2.31. The van der Waals surface area contributed by atoms with Crippen LogP contribution >= 0.6 is 0 Å². The van der Waals surface area contributed by atoms with Crippen LogP contribution in [0.1, 0.15) is 53.4 Å². The molecule has 96 valence electrons. The Hall–Kier alpha value is -0.0800. The zero-order chi connectivity index (χ0) is 12.0. The van der Waals surface area contributed by atoms with E-state index in [2.05, 4.69) is 37.9 Å². The minimum atomic E-state index is 0.636. The summed E-state index contributed by atoms with van der Waals surface area (Å²) in [6.07, 6.45) is 5.57. The van der Waals surface area contributed by atoms with Gasteiger partial charge in [-0.2, -0.15) is 0 Å². The fourth-order valence-electron chi connectivity index (χ4n) is 2.55. The van der Waals surface area contributed by atoms with Crippen LogP contribution in [0.25, 0.3) is 0 Å². The summed E-state index contributed by atoms with van der Waals surface area (Å²) in [6, 6.07) is 1.42. The maximum Gasteiger partial charge on any atom is 0.0169 e. The normalized spacial score (nSPS) is 20.1. The fourth-order valence-corrected chi connectivity index (χ4v) is 2.55. The van der Waals surface area contributed by atoms with E-state index in [-0.39, 0.29) is 0 Å². The number of nitrogens with zero attached hydrogens (tertiary/aromatic N) is 1. The van der Waals surface area contributed by atoms with Gasteiger partial charge in [0.05, 0.1) is 0 Å². The fraction of sp³-hybridized carbons (Fsp3) is 1.00. The lowest BCUT2D eigenvalue weighted by atomic mass is 10.1. The molecule has 0 spiro atoms. The first-order valence-electron chi connectivity index (χ1n) is 7.19. The SMILES string of the molecule is CCCC(NC(C)CN(CC)CC)C1CC1. The van der Waals surface area contributed by atoms with Crippen molar-refractivity contribution in [2.75, 3.05) is 19.6 Å². The van der Waals surface area contributed by atoms with E-state index in [9.17, 15) is 0 Å². The highest BCUT2D eigenvalue weighted by molar-refractivity contribution is 4.87. The van der Waals surface area contributed by atoms with Gasteiger partial charge in [-0.1, -0.05) is 27.2 Å². The van der Waals surface area contributed by atoms with Crippen LogP contribution in [-0.4, -0.2) is 36.6 Å². The molecular formula is C14H30N2. The van der Waals surface area contributed by atoms with Crippen LogP contribution in [0, 0.1) is 5.92 Å². The molecular weight excluding hydrogens is 196 g/mol. The first-order valence-corrected chi connectivity index (χ1v) is 7.19. The number of hydrogen-bond acceptors (Lipinski definition) is 2. The topological polar surface area (TPSA) is 15.3 Å². The van der Waals surface area contributed by atoms with Gasteiger partial charge < -0.3 is 10.2 Å². The van der Waals surface area contributed by atoms with Gasteiger partial charge in [-0.05, 0) is 45.2 Å². The molecule has 0 aromatic rings. The van der Waals surface area contributed by atoms with Crippen molar-refractivity contribution in [3.8, 4) is 0 Å². The van der Waals surface area contributed by atoms with Crippen molar-refractivity contribution in [2.45, 2.75) is 65.5 Å². The van der Waals surface area contributed by atoms with Crippen molar-refractivity contribution in [3.05, 3.63) is 0 Å². The van der Waals surface area contributed by atoms with E-state index in [1.807, 2.05) is 0 Å². The highest BCUT2D eigenvalue weighted by Crippen LogP contribution is 2.34. The zero-order valence-electron chi connectivity index (χ0n) is 11.6. The Kier molecular flexibility index (Phi) is 6.37. The van der Waals surface area contributed by atoms with Crippen LogP contribution in [0.5, 0.6) is 0 Å². The number of nitrogens with one attached hydrogen (secondary N) is 1. The third-order valence-electron chi connectivity index (χ3n) is 3.72. The van der Waals surface area contributed by atoms with Crippen molar-refractivity contribution < 1.29 is 0 Å². The van der Waals surface area contributed by atoms with Gasteiger partial charge in [-0.15, -0.1) is 0 Å². The van der Waals surface area contributed by atoms with Crippen molar-refractivity contribution in [2.24, 2.45) is 5.92 Å². The summed E-state index contributed by atoms with van der Waals surface area (Å²) in [5, 5.41) is 3.84. The Morgan fingerprint density at radius 1 is 1.19 bits per heavy atom. The summed E-state index contributed by atoms with van der Waals surface area (Å²) >= 11 is 0. The molecule has 1 N–H and O–H groups in total. The molecule has 0 amide bonds. The lowest BCUT2D eigenvalue weighted by molar-refractivity contribution is 0.253. The average molecular weight is 226 g/mol. The molecule has 1 fully saturated rings.